The highest BCUT2D eigenvalue weighted by atomic mass is 32.2. The Balaban J connectivity index is 1.27. The van der Waals surface area contributed by atoms with Crippen LogP contribution in [0.4, 0.5) is 0 Å². The second-order valence-electron chi connectivity index (χ2n) is 7.49. The third-order valence-corrected chi connectivity index (χ3v) is 6.61. The molecular weight excluding hydrogens is 368 g/mol. The molecule has 1 aromatic carbocycles. The number of carbonyl (C=O) groups excluding carboxylic acids is 1. The summed E-state index contributed by atoms with van der Waals surface area (Å²) in [5.74, 6) is 2.48. The van der Waals surface area contributed by atoms with Gasteiger partial charge in [0.2, 0.25) is 5.91 Å². The molecule has 0 bridgehead atoms. The van der Waals surface area contributed by atoms with E-state index in [-0.39, 0.29) is 5.91 Å². The van der Waals surface area contributed by atoms with Crippen molar-refractivity contribution in [1.82, 2.24) is 19.5 Å². The van der Waals surface area contributed by atoms with Crippen molar-refractivity contribution >= 4 is 23.3 Å². The number of thioether (sulfide) groups is 1. The van der Waals surface area contributed by atoms with Gasteiger partial charge in [0.1, 0.15) is 5.82 Å². The first-order valence-corrected chi connectivity index (χ1v) is 10.9. The highest BCUT2D eigenvalue weighted by Crippen LogP contribution is 2.28. The molecule has 3 heterocycles. The first kappa shape index (κ1) is 19.0. The highest BCUT2D eigenvalue weighted by Gasteiger charge is 2.26. The topological polar surface area (TPSA) is 50.5 Å². The molecule has 4 rings (SSSR count). The Morgan fingerprint density at radius 3 is 2.71 bits per heavy atom. The standard InChI is InChI=1S/C22H26N4OS/c1-16-6-7-19(15-17(16)2)28-14-10-21(27)25-12-8-18(9-13-25)22-24-23-20-5-3-4-11-26(20)22/h3-7,11,15,18H,8-10,12-14H2,1-2H3. The van der Waals surface area contributed by atoms with E-state index in [0.717, 1.165) is 43.2 Å². The van der Waals surface area contributed by atoms with Crippen LogP contribution in [-0.2, 0) is 4.79 Å². The van der Waals surface area contributed by atoms with Gasteiger partial charge in [-0.25, -0.2) is 0 Å². The highest BCUT2D eigenvalue weighted by molar-refractivity contribution is 7.99. The number of pyridine rings is 1. The van der Waals surface area contributed by atoms with E-state index in [9.17, 15) is 4.79 Å². The van der Waals surface area contributed by atoms with Gasteiger partial charge in [-0.3, -0.25) is 9.20 Å². The van der Waals surface area contributed by atoms with Gasteiger partial charge in [0.25, 0.3) is 0 Å². The summed E-state index contributed by atoms with van der Waals surface area (Å²) in [5, 5.41) is 8.65. The van der Waals surface area contributed by atoms with Crippen LogP contribution >= 0.6 is 11.8 Å². The fourth-order valence-electron chi connectivity index (χ4n) is 3.74. The summed E-state index contributed by atoms with van der Waals surface area (Å²) in [6.07, 6.45) is 4.51. The van der Waals surface area contributed by atoms with Gasteiger partial charge in [-0.15, -0.1) is 22.0 Å². The van der Waals surface area contributed by atoms with E-state index in [2.05, 4.69) is 46.6 Å². The smallest absolute Gasteiger partial charge is 0.223 e. The molecule has 5 nitrogen and oxygen atoms in total. The van der Waals surface area contributed by atoms with Crippen molar-refractivity contribution in [1.29, 1.82) is 0 Å². The molecule has 0 radical (unpaired) electrons. The summed E-state index contributed by atoms with van der Waals surface area (Å²) in [7, 11) is 0. The van der Waals surface area contributed by atoms with Crippen LogP contribution in [0, 0.1) is 13.8 Å². The van der Waals surface area contributed by atoms with Gasteiger partial charge in [0, 0.05) is 42.3 Å². The molecule has 0 N–H and O–H groups in total. The molecule has 0 atom stereocenters. The lowest BCUT2D eigenvalue weighted by Gasteiger charge is -2.31. The van der Waals surface area contributed by atoms with Gasteiger partial charge < -0.3 is 4.90 Å². The van der Waals surface area contributed by atoms with Crippen molar-refractivity contribution in [3.05, 3.63) is 59.5 Å². The number of likely N-dealkylation sites (tertiary alicyclic amines) is 1. The van der Waals surface area contributed by atoms with Crippen molar-refractivity contribution in [2.45, 2.75) is 43.9 Å². The van der Waals surface area contributed by atoms with E-state index in [4.69, 9.17) is 0 Å². The normalized spacial score (nSPS) is 15.3. The number of aromatic nitrogens is 3. The molecule has 1 aliphatic heterocycles. The van der Waals surface area contributed by atoms with Crippen LogP contribution < -0.4 is 0 Å². The molecule has 0 spiro atoms. The molecular formula is C22H26N4OS. The van der Waals surface area contributed by atoms with E-state index in [1.165, 1.54) is 16.0 Å². The number of aryl methyl sites for hydroxylation is 2. The van der Waals surface area contributed by atoms with Crippen LogP contribution in [0.3, 0.4) is 0 Å². The maximum absolute atomic E-state index is 12.6. The summed E-state index contributed by atoms with van der Waals surface area (Å²) >= 11 is 1.77. The van der Waals surface area contributed by atoms with Crippen molar-refractivity contribution < 1.29 is 4.79 Å². The van der Waals surface area contributed by atoms with Crippen LogP contribution in [0.1, 0.15) is 42.1 Å². The average molecular weight is 395 g/mol. The third kappa shape index (κ3) is 4.07. The van der Waals surface area contributed by atoms with Crippen molar-refractivity contribution in [2.24, 2.45) is 0 Å². The summed E-state index contributed by atoms with van der Waals surface area (Å²) in [6, 6.07) is 12.5. The fourth-order valence-corrected chi connectivity index (χ4v) is 4.68. The predicted molar refractivity (Wildman–Crippen MR) is 113 cm³/mol. The first-order chi connectivity index (χ1) is 13.6. The fraction of sp³-hybridized carbons (Fsp3) is 0.409. The molecule has 1 amide bonds. The molecule has 1 fully saturated rings. The van der Waals surface area contributed by atoms with Gasteiger partial charge in [-0.05, 0) is 62.1 Å². The molecule has 1 aliphatic rings. The van der Waals surface area contributed by atoms with Crippen LogP contribution in [0.15, 0.2) is 47.5 Å². The van der Waals surface area contributed by atoms with E-state index >= 15 is 0 Å². The number of hydrogen-bond acceptors (Lipinski definition) is 4. The number of nitrogens with zero attached hydrogens (tertiary/aromatic N) is 4. The SMILES string of the molecule is Cc1ccc(SCCC(=O)N2CCC(c3nnc4ccccn34)CC2)cc1C. The Hall–Kier alpha value is -2.34. The number of rotatable bonds is 5. The van der Waals surface area contributed by atoms with E-state index in [1.807, 2.05) is 29.3 Å². The zero-order chi connectivity index (χ0) is 19.5. The van der Waals surface area contributed by atoms with Gasteiger partial charge >= 0.3 is 0 Å². The number of hydrogen-bond donors (Lipinski definition) is 0. The third-order valence-electron chi connectivity index (χ3n) is 5.62. The molecule has 2 aromatic heterocycles. The van der Waals surface area contributed by atoms with Crippen molar-refractivity contribution in [3.63, 3.8) is 0 Å². The number of amides is 1. The quantitative estimate of drug-likeness (QED) is 0.608. The van der Waals surface area contributed by atoms with Gasteiger partial charge in [0.15, 0.2) is 5.65 Å². The van der Waals surface area contributed by atoms with Crippen LogP contribution in [0.25, 0.3) is 5.65 Å². The number of benzene rings is 1. The Kier molecular flexibility index (Phi) is 5.67. The largest absolute Gasteiger partial charge is 0.343 e. The molecule has 3 aromatic rings. The first-order valence-electron chi connectivity index (χ1n) is 9.89. The molecule has 0 aliphatic carbocycles. The van der Waals surface area contributed by atoms with Crippen molar-refractivity contribution in [2.75, 3.05) is 18.8 Å². The van der Waals surface area contributed by atoms with Gasteiger partial charge in [0.05, 0.1) is 0 Å². The molecule has 146 valence electrons. The number of carbonyl (C=O) groups is 1. The lowest BCUT2D eigenvalue weighted by atomic mass is 9.96. The maximum atomic E-state index is 12.6. The lowest BCUT2D eigenvalue weighted by molar-refractivity contribution is -0.131. The number of piperidine rings is 1. The molecule has 0 unspecified atom stereocenters. The Labute approximate surface area is 170 Å². The Morgan fingerprint density at radius 2 is 1.93 bits per heavy atom. The molecule has 1 saturated heterocycles. The number of fused-ring (bicyclic) bond motifs is 1. The average Bonchev–Trinajstić information content (AvgIpc) is 3.15. The maximum Gasteiger partial charge on any atom is 0.223 e. The monoisotopic (exact) mass is 394 g/mol. The molecule has 6 heteroatoms. The second kappa shape index (κ2) is 8.35. The van der Waals surface area contributed by atoms with E-state index in [1.54, 1.807) is 11.8 Å². The van der Waals surface area contributed by atoms with Crippen LogP contribution in [-0.4, -0.2) is 44.2 Å². The molecule has 0 saturated carbocycles. The van der Waals surface area contributed by atoms with Gasteiger partial charge in [-0.1, -0.05) is 12.1 Å². The summed E-state index contributed by atoms with van der Waals surface area (Å²) in [6.45, 7) is 5.87. The van der Waals surface area contributed by atoms with Gasteiger partial charge in [-0.2, -0.15) is 0 Å². The Bertz CT molecular complexity index is 976. The summed E-state index contributed by atoms with van der Waals surface area (Å²) in [5.41, 5.74) is 3.50. The minimum atomic E-state index is 0.265. The zero-order valence-electron chi connectivity index (χ0n) is 16.5. The molecule has 28 heavy (non-hydrogen) atoms. The minimum absolute atomic E-state index is 0.265. The van der Waals surface area contributed by atoms with Crippen molar-refractivity contribution in [3.8, 4) is 0 Å². The van der Waals surface area contributed by atoms with E-state index in [0.29, 0.717) is 12.3 Å². The van der Waals surface area contributed by atoms with Crippen LogP contribution in [0.5, 0.6) is 0 Å². The zero-order valence-corrected chi connectivity index (χ0v) is 17.3. The minimum Gasteiger partial charge on any atom is -0.343 e. The van der Waals surface area contributed by atoms with E-state index < -0.39 is 0 Å². The van der Waals surface area contributed by atoms with Crippen LogP contribution in [0.2, 0.25) is 0 Å². The second-order valence-corrected chi connectivity index (χ2v) is 8.65. The predicted octanol–water partition coefficient (Wildman–Crippen LogP) is 4.23. The Morgan fingerprint density at radius 1 is 1.11 bits per heavy atom. The summed E-state index contributed by atoms with van der Waals surface area (Å²) in [4.78, 5) is 15.9. The lowest BCUT2D eigenvalue weighted by Crippen LogP contribution is -2.38. The summed E-state index contributed by atoms with van der Waals surface area (Å²) < 4.78 is 2.07.